The number of hydrogen-bond acceptors (Lipinski definition) is 3. The summed E-state index contributed by atoms with van der Waals surface area (Å²) in [5.74, 6) is 1.18. The van der Waals surface area contributed by atoms with Gasteiger partial charge in [-0.2, -0.15) is 0 Å². The van der Waals surface area contributed by atoms with Gasteiger partial charge >= 0.3 is 0 Å². The molecule has 1 aliphatic heterocycles. The van der Waals surface area contributed by atoms with Crippen molar-refractivity contribution >= 4 is 11.5 Å². The summed E-state index contributed by atoms with van der Waals surface area (Å²) in [4.78, 5) is 12.3. The number of fused-ring (bicyclic) bond motifs is 2. The van der Waals surface area contributed by atoms with Gasteiger partial charge in [-0.1, -0.05) is 18.2 Å². The third-order valence-corrected chi connectivity index (χ3v) is 4.68. The Morgan fingerprint density at radius 2 is 2.17 bits per heavy atom. The number of rotatable bonds is 4. The lowest BCUT2D eigenvalue weighted by atomic mass is 10.0. The van der Waals surface area contributed by atoms with Gasteiger partial charge in [0.2, 0.25) is 0 Å². The van der Waals surface area contributed by atoms with Gasteiger partial charge in [0.1, 0.15) is 11.5 Å². The first-order valence-electron chi connectivity index (χ1n) is 8.26. The molecule has 4 rings (SSSR count). The molecule has 0 radical (unpaired) electrons. The van der Waals surface area contributed by atoms with E-state index in [9.17, 15) is 9.90 Å². The molecule has 0 unspecified atom stereocenters. The highest BCUT2D eigenvalue weighted by Gasteiger charge is 2.18. The number of nitrogens with one attached hydrogen (secondary N) is 1. The van der Waals surface area contributed by atoms with Gasteiger partial charge < -0.3 is 15.2 Å². The van der Waals surface area contributed by atoms with Crippen molar-refractivity contribution in [1.82, 2.24) is 5.32 Å². The van der Waals surface area contributed by atoms with E-state index in [0.717, 1.165) is 41.7 Å². The zero-order chi connectivity index (χ0) is 16.5. The van der Waals surface area contributed by atoms with Crippen molar-refractivity contribution in [3.05, 3.63) is 64.7 Å². The highest BCUT2D eigenvalue weighted by Crippen LogP contribution is 2.34. The minimum Gasteiger partial charge on any atom is -0.508 e. The molecule has 2 aromatic carbocycles. The molecule has 0 atom stereocenters. The molecule has 2 aliphatic rings. The van der Waals surface area contributed by atoms with Crippen molar-refractivity contribution in [1.29, 1.82) is 0 Å². The molecule has 0 saturated carbocycles. The second-order valence-electron chi connectivity index (χ2n) is 6.16. The largest absolute Gasteiger partial charge is 0.508 e. The predicted molar refractivity (Wildman–Crippen MR) is 92.4 cm³/mol. The van der Waals surface area contributed by atoms with Crippen LogP contribution in [0.25, 0.3) is 5.57 Å². The number of aromatic hydroxyl groups is 1. The van der Waals surface area contributed by atoms with Crippen LogP contribution in [-0.2, 0) is 12.8 Å². The summed E-state index contributed by atoms with van der Waals surface area (Å²) in [6.45, 7) is 1.27. The van der Waals surface area contributed by atoms with Gasteiger partial charge in [-0.3, -0.25) is 4.79 Å². The Kier molecular flexibility index (Phi) is 3.73. The Bertz CT molecular complexity index is 839. The molecule has 1 heterocycles. The van der Waals surface area contributed by atoms with Crippen molar-refractivity contribution in [3.8, 4) is 11.5 Å². The van der Waals surface area contributed by atoms with Gasteiger partial charge in [-0.25, -0.2) is 0 Å². The molecule has 0 bridgehead atoms. The summed E-state index contributed by atoms with van der Waals surface area (Å²) in [5, 5.41) is 12.9. The van der Waals surface area contributed by atoms with Crippen LogP contribution >= 0.6 is 0 Å². The first kappa shape index (κ1) is 14.8. The molecule has 0 fully saturated rings. The van der Waals surface area contributed by atoms with E-state index >= 15 is 0 Å². The number of phenolic OH excluding ortho intramolecular Hbond substituents is 1. The Morgan fingerprint density at radius 3 is 3.08 bits per heavy atom. The first-order valence-corrected chi connectivity index (χ1v) is 8.26. The van der Waals surface area contributed by atoms with Crippen LogP contribution in [0.2, 0.25) is 0 Å². The summed E-state index contributed by atoms with van der Waals surface area (Å²) >= 11 is 0. The molecular weight excluding hydrogens is 302 g/mol. The lowest BCUT2D eigenvalue weighted by Crippen LogP contribution is -2.24. The van der Waals surface area contributed by atoms with Crippen LogP contribution in [-0.4, -0.2) is 24.2 Å². The van der Waals surface area contributed by atoms with Crippen LogP contribution in [0.1, 0.15) is 33.5 Å². The minimum atomic E-state index is -0.0561. The summed E-state index contributed by atoms with van der Waals surface area (Å²) in [6.07, 6.45) is 4.51. The molecule has 0 saturated heterocycles. The number of ether oxygens (including phenoxy) is 1. The summed E-state index contributed by atoms with van der Waals surface area (Å²) in [7, 11) is 0. The second kappa shape index (κ2) is 6.04. The van der Waals surface area contributed by atoms with Gasteiger partial charge in [0, 0.05) is 24.1 Å². The van der Waals surface area contributed by atoms with E-state index in [1.54, 1.807) is 6.07 Å². The number of hydrogen-bond donors (Lipinski definition) is 2. The van der Waals surface area contributed by atoms with E-state index in [0.29, 0.717) is 24.5 Å². The first-order chi connectivity index (χ1) is 11.7. The lowest BCUT2D eigenvalue weighted by Gasteiger charge is -2.09. The van der Waals surface area contributed by atoms with Gasteiger partial charge in [0.25, 0.3) is 5.91 Å². The van der Waals surface area contributed by atoms with Crippen LogP contribution < -0.4 is 10.1 Å². The molecule has 2 N–H and O–H groups in total. The highest BCUT2D eigenvalue weighted by molar-refractivity contribution is 5.94. The molecule has 4 heteroatoms. The van der Waals surface area contributed by atoms with E-state index in [1.807, 2.05) is 30.3 Å². The van der Waals surface area contributed by atoms with E-state index < -0.39 is 0 Å². The number of carbonyl (C=O) groups is 1. The molecule has 0 spiro atoms. The molecule has 1 amide bonds. The maximum Gasteiger partial charge on any atom is 0.251 e. The quantitative estimate of drug-likeness (QED) is 0.910. The average Bonchev–Trinajstić information content (AvgIpc) is 3.21. The van der Waals surface area contributed by atoms with Crippen molar-refractivity contribution in [2.24, 2.45) is 0 Å². The van der Waals surface area contributed by atoms with Gasteiger partial charge in [-0.15, -0.1) is 0 Å². The van der Waals surface area contributed by atoms with Crippen LogP contribution in [0.15, 0.2) is 42.5 Å². The average molecular weight is 321 g/mol. The second-order valence-corrected chi connectivity index (χ2v) is 6.16. The van der Waals surface area contributed by atoms with Crippen LogP contribution in [0.3, 0.4) is 0 Å². The van der Waals surface area contributed by atoms with Crippen LogP contribution in [0.4, 0.5) is 0 Å². The van der Waals surface area contributed by atoms with Gasteiger partial charge in [0.05, 0.1) is 6.61 Å². The minimum absolute atomic E-state index is 0.0561. The van der Waals surface area contributed by atoms with Crippen LogP contribution in [0.5, 0.6) is 11.5 Å². The molecule has 4 nitrogen and oxygen atoms in total. The Morgan fingerprint density at radius 1 is 1.25 bits per heavy atom. The summed E-state index contributed by atoms with van der Waals surface area (Å²) < 4.78 is 5.47. The SMILES string of the molecule is O=C(NCCC1=CCc2c(O)cccc21)c1ccc2c(c1)CCO2. The molecule has 0 aromatic heterocycles. The van der Waals surface area contributed by atoms with Crippen LogP contribution in [0, 0.1) is 0 Å². The number of amides is 1. The van der Waals surface area contributed by atoms with Gasteiger partial charge in [-0.05, 0) is 53.8 Å². The van der Waals surface area contributed by atoms with E-state index in [1.165, 1.54) is 5.57 Å². The highest BCUT2D eigenvalue weighted by atomic mass is 16.5. The molecule has 24 heavy (non-hydrogen) atoms. The topological polar surface area (TPSA) is 58.6 Å². The van der Waals surface area contributed by atoms with E-state index in [2.05, 4.69) is 11.4 Å². The maximum atomic E-state index is 12.3. The maximum absolute atomic E-state index is 12.3. The fourth-order valence-electron chi connectivity index (χ4n) is 3.40. The number of allylic oxidation sites excluding steroid dienone is 1. The number of carbonyl (C=O) groups excluding carboxylic acids is 1. The Labute approximate surface area is 140 Å². The number of benzene rings is 2. The summed E-state index contributed by atoms with van der Waals surface area (Å²) in [6, 6.07) is 11.2. The van der Waals surface area contributed by atoms with Crippen molar-refractivity contribution in [2.45, 2.75) is 19.3 Å². The predicted octanol–water partition coefficient (Wildman–Crippen LogP) is 3.09. The van der Waals surface area contributed by atoms with Crippen molar-refractivity contribution in [3.63, 3.8) is 0 Å². The molecule has 122 valence electrons. The van der Waals surface area contributed by atoms with Crippen molar-refractivity contribution in [2.75, 3.05) is 13.2 Å². The van der Waals surface area contributed by atoms with E-state index in [-0.39, 0.29) is 5.91 Å². The molecular formula is C20H19NO3. The zero-order valence-electron chi connectivity index (χ0n) is 13.3. The lowest BCUT2D eigenvalue weighted by molar-refractivity contribution is 0.0954. The standard InChI is InChI=1S/C20H19NO3/c22-18-3-1-2-16-13(4-6-17(16)18)8-10-21-20(23)15-5-7-19-14(12-15)9-11-24-19/h1-5,7,12,22H,6,8-11H2,(H,21,23). The fourth-order valence-corrected chi connectivity index (χ4v) is 3.40. The third kappa shape index (κ3) is 2.64. The van der Waals surface area contributed by atoms with Gasteiger partial charge in [0.15, 0.2) is 0 Å². The zero-order valence-corrected chi connectivity index (χ0v) is 13.3. The fraction of sp³-hybridized carbons (Fsp3) is 0.250. The van der Waals surface area contributed by atoms with E-state index in [4.69, 9.17) is 4.74 Å². The smallest absolute Gasteiger partial charge is 0.251 e. The Balaban J connectivity index is 1.37. The Hall–Kier alpha value is -2.75. The molecule has 1 aliphatic carbocycles. The normalized spacial score (nSPS) is 14.6. The third-order valence-electron chi connectivity index (χ3n) is 4.68. The molecule has 2 aromatic rings. The number of phenols is 1. The summed E-state index contributed by atoms with van der Waals surface area (Å²) in [5.41, 5.74) is 5.04. The van der Waals surface area contributed by atoms with Crippen molar-refractivity contribution < 1.29 is 14.6 Å². The monoisotopic (exact) mass is 321 g/mol.